The smallest absolute Gasteiger partial charge is 0.347 e. The quantitative estimate of drug-likeness (QED) is 0.159. The van der Waals surface area contributed by atoms with Crippen LogP contribution in [0, 0.1) is 0 Å². The van der Waals surface area contributed by atoms with E-state index in [-0.39, 0.29) is 19.0 Å². The van der Waals surface area contributed by atoms with Crippen LogP contribution in [0.3, 0.4) is 0 Å². The van der Waals surface area contributed by atoms with Crippen LogP contribution in [0.15, 0.2) is 0 Å². The maximum Gasteiger partial charge on any atom is 0.347 e. The molecule has 0 radical (unpaired) electrons. The number of hydrogen-bond acceptors (Lipinski definition) is 19. The second-order valence-electron chi connectivity index (χ2n) is 12.7. The maximum absolute atomic E-state index is 13.4. The van der Waals surface area contributed by atoms with E-state index in [2.05, 4.69) is 8.75 Å². The van der Waals surface area contributed by atoms with Crippen LogP contribution in [0.5, 0.6) is 5.88 Å². The van der Waals surface area contributed by atoms with Gasteiger partial charge in [-0.25, -0.2) is 19.2 Å². The molecule has 5 unspecified atom stereocenters. The number of rotatable bonds is 17. The molecule has 0 spiro atoms. The first-order valence-electron chi connectivity index (χ1n) is 16.5. The van der Waals surface area contributed by atoms with E-state index in [1.165, 1.54) is 46.4 Å². The number of ether oxygens (including phenoxy) is 8. The van der Waals surface area contributed by atoms with Crippen LogP contribution in [0.1, 0.15) is 69.2 Å². The monoisotopic (exact) mass is 760 g/mol. The minimum Gasteiger partial charge on any atom is -0.470 e. The van der Waals surface area contributed by atoms with Crippen LogP contribution >= 0.6 is 11.7 Å². The average molecular weight is 761 g/mol. The Hall–Kier alpha value is -4.59. The van der Waals surface area contributed by atoms with Crippen molar-refractivity contribution in [1.29, 1.82) is 0 Å². The van der Waals surface area contributed by atoms with Gasteiger partial charge in [0.15, 0.2) is 36.6 Å². The van der Waals surface area contributed by atoms with E-state index >= 15 is 0 Å². The predicted octanol–water partition coefficient (Wildman–Crippen LogP) is 0.991. The topological polar surface area (TPSA) is 226 Å². The lowest BCUT2D eigenvalue weighted by molar-refractivity contribution is -0.186. The van der Waals surface area contributed by atoms with Crippen LogP contribution in [-0.2, 0) is 66.7 Å². The Kier molecular flexibility index (Phi) is 16.6. The second kappa shape index (κ2) is 19.9. The van der Waals surface area contributed by atoms with Crippen molar-refractivity contribution in [1.82, 2.24) is 13.6 Å². The number of nitrogens with zero attached hydrogens (tertiary/aromatic N) is 4. The van der Waals surface area contributed by atoms with Gasteiger partial charge in [0.1, 0.15) is 6.61 Å². The van der Waals surface area contributed by atoms with Gasteiger partial charge in [0.05, 0.1) is 31.5 Å². The summed E-state index contributed by atoms with van der Waals surface area (Å²) in [6.45, 7) is 15.3. The van der Waals surface area contributed by atoms with Gasteiger partial charge >= 0.3 is 35.8 Å². The Balaban J connectivity index is 2.16. The number of morpholine rings is 1. The van der Waals surface area contributed by atoms with E-state index in [1.54, 1.807) is 20.8 Å². The zero-order valence-electron chi connectivity index (χ0n) is 31.0. The molecule has 19 nitrogen and oxygen atoms in total. The van der Waals surface area contributed by atoms with Crippen molar-refractivity contribution >= 4 is 59.3 Å². The van der Waals surface area contributed by atoms with Crippen molar-refractivity contribution in [3.8, 4) is 5.88 Å². The number of amides is 1. The molecule has 0 bridgehead atoms. The minimum atomic E-state index is -1.54. The van der Waals surface area contributed by atoms with E-state index in [9.17, 15) is 33.6 Å². The van der Waals surface area contributed by atoms with Crippen LogP contribution in [0.2, 0.25) is 0 Å². The summed E-state index contributed by atoms with van der Waals surface area (Å²) >= 11 is 0.920. The van der Waals surface area contributed by atoms with E-state index in [4.69, 9.17) is 37.9 Å². The molecule has 52 heavy (non-hydrogen) atoms. The minimum absolute atomic E-state index is 0.172. The first-order chi connectivity index (χ1) is 24.2. The Morgan fingerprint density at radius 2 is 1.15 bits per heavy atom. The molecule has 1 aliphatic rings. The number of hydrogen-bond donors (Lipinski definition) is 0. The molecule has 0 saturated carbocycles. The third kappa shape index (κ3) is 13.9. The zero-order chi connectivity index (χ0) is 39.3. The fourth-order valence-electron chi connectivity index (χ4n) is 4.46. The molecule has 2 heterocycles. The Morgan fingerprint density at radius 3 is 1.62 bits per heavy atom. The summed E-state index contributed by atoms with van der Waals surface area (Å²) in [4.78, 5) is 89.9. The van der Waals surface area contributed by atoms with Crippen LogP contribution in [0.4, 0.5) is 5.82 Å². The van der Waals surface area contributed by atoms with Gasteiger partial charge in [-0.3, -0.25) is 14.4 Å². The fraction of sp³-hybridized carbons (Fsp3) is 0.719. The van der Waals surface area contributed by atoms with Crippen molar-refractivity contribution in [3.63, 3.8) is 0 Å². The first-order valence-corrected chi connectivity index (χ1v) is 17.2. The van der Waals surface area contributed by atoms with Gasteiger partial charge < -0.3 is 47.7 Å². The summed E-state index contributed by atoms with van der Waals surface area (Å²) in [5.74, 6) is -5.58. The van der Waals surface area contributed by atoms with E-state index in [0.29, 0.717) is 32.1 Å². The second-order valence-corrected chi connectivity index (χ2v) is 13.3. The average Bonchev–Trinajstić information content (AvgIpc) is 3.53. The normalized spacial score (nSPS) is 16.5. The van der Waals surface area contributed by atoms with E-state index < -0.39 is 83.9 Å². The molecular weight excluding hydrogens is 712 g/mol. The highest BCUT2D eigenvalue weighted by atomic mass is 32.1. The summed E-state index contributed by atoms with van der Waals surface area (Å²) in [6, 6.07) is 0. The third-order valence-corrected chi connectivity index (χ3v) is 7.65. The van der Waals surface area contributed by atoms with E-state index in [0.717, 1.165) is 18.7 Å². The van der Waals surface area contributed by atoms with Gasteiger partial charge in [-0.1, -0.05) is 0 Å². The first kappa shape index (κ1) is 43.6. The summed E-state index contributed by atoms with van der Waals surface area (Å²) in [7, 11) is 0. The molecule has 1 saturated heterocycles. The van der Waals surface area contributed by atoms with Crippen LogP contribution < -0.4 is 9.64 Å². The largest absolute Gasteiger partial charge is 0.470 e. The lowest BCUT2D eigenvalue weighted by Crippen LogP contribution is -2.54. The SMILES string of the molecule is CC(=O)OC(C)C(=O)OC(C)C(=O)OC(C)C(=O)OC(C)C(=O)O[C@H](COc1nsnc1N1CCOCC1)CN(C(=O)C(C)OC(C)=O)C(C)(C)C. The lowest BCUT2D eigenvalue weighted by Gasteiger charge is -2.39. The molecule has 2 rings (SSSR count). The molecule has 1 amide bonds. The molecule has 0 aliphatic carbocycles. The van der Waals surface area contributed by atoms with Crippen molar-refractivity contribution in [2.24, 2.45) is 0 Å². The van der Waals surface area contributed by atoms with Crippen molar-refractivity contribution < 1.29 is 71.5 Å². The molecular formula is C32H48N4O15S. The molecule has 20 heteroatoms. The van der Waals surface area contributed by atoms with Crippen molar-refractivity contribution in [2.75, 3.05) is 44.4 Å². The fourth-order valence-corrected chi connectivity index (χ4v) is 4.98. The maximum atomic E-state index is 13.4. The van der Waals surface area contributed by atoms with Gasteiger partial charge in [0.25, 0.3) is 11.8 Å². The molecule has 292 valence electrons. The molecule has 1 aliphatic heterocycles. The van der Waals surface area contributed by atoms with Gasteiger partial charge in [-0.2, -0.15) is 4.37 Å². The number of carbonyl (C=O) groups is 7. The van der Waals surface area contributed by atoms with E-state index in [1.807, 2.05) is 4.90 Å². The molecule has 1 aromatic rings. The highest BCUT2D eigenvalue weighted by Crippen LogP contribution is 2.27. The molecule has 6 atom stereocenters. The zero-order valence-corrected chi connectivity index (χ0v) is 31.8. The highest BCUT2D eigenvalue weighted by Gasteiger charge is 2.36. The van der Waals surface area contributed by atoms with Gasteiger partial charge in [0, 0.05) is 32.5 Å². The Bertz CT molecular complexity index is 1420. The number of carbonyl (C=O) groups excluding carboxylic acids is 7. The van der Waals surface area contributed by atoms with Gasteiger partial charge in [-0.15, -0.1) is 4.37 Å². The molecule has 0 aromatic carbocycles. The number of anilines is 1. The Labute approximate surface area is 305 Å². The Morgan fingerprint density at radius 1 is 0.712 bits per heavy atom. The highest BCUT2D eigenvalue weighted by molar-refractivity contribution is 6.99. The van der Waals surface area contributed by atoms with Crippen LogP contribution in [0.25, 0.3) is 0 Å². The van der Waals surface area contributed by atoms with Crippen molar-refractivity contribution in [3.05, 3.63) is 0 Å². The molecule has 1 aromatic heterocycles. The van der Waals surface area contributed by atoms with Crippen LogP contribution in [-0.4, -0.2) is 137 Å². The predicted molar refractivity (Wildman–Crippen MR) is 179 cm³/mol. The molecule has 1 fully saturated rings. The lowest BCUT2D eigenvalue weighted by atomic mass is 10.0. The summed E-state index contributed by atoms with van der Waals surface area (Å²) < 4.78 is 50.6. The summed E-state index contributed by atoms with van der Waals surface area (Å²) in [5.41, 5.74) is -0.849. The molecule has 0 N–H and O–H groups in total. The van der Waals surface area contributed by atoms with Crippen molar-refractivity contribution in [2.45, 2.75) is 111 Å². The van der Waals surface area contributed by atoms with Gasteiger partial charge in [0.2, 0.25) is 5.82 Å². The standard InChI is InChI=1S/C32H48N4O15S/c1-17(46-22(6)37)27(39)36(32(8,9)10)15-24(16-45-26-25(33-52-34-26)35-11-13-44-14-12-35)51-31(43)21(5)50-30(42)20(4)49-29(41)19(3)48-28(40)18(2)47-23(7)38/h17-21,24H,11-16H2,1-10H3/t17?,18?,19?,20?,21?,24-/m0/s1. The van der Waals surface area contributed by atoms with Gasteiger partial charge in [-0.05, 0) is 55.4 Å². The number of aromatic nitrogens is 2. The number of esters is 6. The summed E-state index contributed by atoms with van der Waals surface area (Å²) in [5, 5.41) is 0. The summed E-state index contributed by atoms with van der Waals surface area (Å²) in [6.07, 6.45) is -8.15. The third-order valence-electron chi connectivity index (χ3n) is 7.14.